The summed E-state index contributed by atoms with van der Waals surface area (Å²) in [6.45, 7) is 1.24. The number of furan rings is 1. The van der Waals surface area contributed by atoms with Crippen LogP contribution in [0.15, 0.2) is 59.2 Å². The third-order valence-electron chi connectivity index (χ3n) is 5.17. The van der Waals surface area contributed by atoms with Gasteiger partial charge in [0.2, 0.25) is 0 Å². The molecule has 0 fully saturated rings. The minimum atomic E-state index is -1.31. The highest BCUT2D eigenvalue weighted by atomic mass is 35.5. The van der Waals surface area contributed by atoms with Crippen molar-refractivity contribution >= 4 is 46.7 Å². The van der Waals surface area contributed by atoms with Gasteiger partial charge >= 0.3 is 5.97 Å². The van der Waals surface area contributed by atoms with E-state index in [2.05, 4.69) is 5.32 Å². The Kier molecular flexibility index (Phi) is 6.34. The fraction of sp³-hybridized carbons (Fsp3) is 0.130. The van der Waals surface area contributed by atoms with E-state index < -0.39 is 34.7 Å². The summed E-state index contributed by atoms with van der Waals surface area (Å²) in [6, 6.07) is 10.6. The molecule has 0 aliphatic carbocycles. The third-order valence-corrected chi connectivity index (χ3v) is 5.50. The Morgan fingerprint density at radius 3 is 2.57 bits per heavy atom. The number of nitro groups is 1. The van der Waals surface area contributed by atoms with Gasteiger partial charge in [-0.1, -0.05) is 11.6 Å². The molecule has 12 heteroatoms. The van der Waals surface area contributed by atoms with Crippen LogP contribution in [0, 0.1) is 10.1 Å². The predicted octanol–water partition coefficient (Wildman–Crippen LogP) is 3.82. The maximum Gasteiger partial charge on any atom is 0.338 e. The van der Waals surface area contributed by atoms with E-state index in [1.54, 1.807) is 12.1 Å². The summed E-state index contributed by atoms with van der Waals surface area (Å²) in [6.07, 6.45) is 0.116. The number of anilines is 1. The molecule has 0 radical (unpaired) electrons. The highest BCUT2D eigenvalue weighted by Gasteiger charge is 2.36. The zero-order valence-electron chi connectivity index (χ0n) is 18.0. The Morgan fingerprint density at radius 1 is 1.14 bits per heavy atom. The molecule has 1 atom stereocenters. The second-order valence-electron chi connectivity index (χ2n) is 7.49. The number of hydrogen-bond acceptors (Lipinski definition) is 8. The minimum absolute atomic E-state index is 0.0212. The molecule has 4 rings (SSSR count). The van der Waals surface area contributed by atoms with Gasteiger partial charge in [0.05, 0.1) is 45.1 Å². The molecule has 0 bridgehead atoms. The monoisotopic (exact) mass is 497 g/mol. The van der Waals surface area contributed by atoms with Crippen LogP contribution < -0.4 is 5.32 Å². The number of carbonyl (C=O) groups excluding carboxylic acids is 4. The van der Waals surface area contributed by atoms with Crippen molar-refractivity contribution < 1.29 is 33.3 Å². The van der Waals surface area contributed by atoms with Crippen molar-refractivity contribution in [2.75, 3.05) is 5.32 Å². The fourth-order valence-electron chi connectivity index (χ4n) is 3.36. The summed E-state index contributed by atoms with van der Waals surface area (Å²) < 4.78 is 10.4. The number of rotatable bonds is 7. The van der Waals surface area contributed by atoms with Gasteiger partial charge in [0.25, 0.3) is 23.4 Å². The molecule has 3 amide bonds. The number of fused-ring (bicyclic) bond motifs is 1. The fourth-order valence-corrected chi connectivity index (χ4v) is 3.52. The van der Waals surface area contributed by atoms with Crippen LogP contribution in [0.1, 0.15) is 43.8 Å². The first-order valence-electron chi connectivity index (χ1n) is 10.1. The summed E-state index contributed by atoms with van der Waals surface area (Å²) in [5.41, 5.74) is -0.196. The highest BCUT2D eigenvalue weighted by Crippen LogP contribution is 2.28. The van der Waals surface area contributed by atoms with Crippen LogP contribution in [0.2, 0.25) is 5.02 Å². The number of non-ortho nitro benzene ring substituents is 1. The lowest BCUT2D eigenvalue weighted by molar-refractivity contribution is -0.384. The molecule has 0 unspecified atom stereocenters. The molecule has 1 aromatic heterocycles. The largest absolute Gasteiger partial charge is 0.467 e. The Morgan fingerprint density at radius 2 is 1.89 bits per heavy atom. The van der Waals surface area contributed by atoms with E-state index in [0.29, 0.717) is 5.76 Å². The van der Waals surface area contributed by atoms with Crippen molar-refractivity contribution in [1.82, 2.24) is 4.90 Å². The first kappa shape index (κ1) is 23.6. The maximum atomic E-state index is 12.7. The minimum Gasteiger partial charge on any atom is -0.467 e. The number of ether oxygens (including phenoxy) is 1. The zero-order valence-corrected chi connectivity index (χ0v) is 18.8. The van der Waals surface area contributed by atoms with E-state index >= 15 is 0 Å². The number of nitro benzene ring substituents is 1. The van der Waals surface area contributed by atoms with Gasteiger partial charge < -0.3 is 14.5 Å². The normalized spacial score (nSPS) is 13.4. The second kappa shape index (κ2) is 9.39. The van der Waals surface area contributed by atoms with Crippen LogP contribution in [0.3, 0.4) is 0 Å². The number of imide groups is 1. The first-order chi connectivity index (χ1) is 16.7. The summed E-state index contributed by atoms with van der Waals surface area (Å²) >= 11 is 5.97. The van der Waals surface area contributed by atoms with Crippen LogP contribution in [-0.2, 0) is 16.1 Å². The number of hydrogen-bond donors (Lipinski definition) is 1. The van der Waals surface area contributed by atoms with Gasteiger partial charge in [0.15, 0.2) is 6.10 Å². The van der Waals surface area contributed by atoms with Crippen molar-refractivity contribution in [3.8, 4) is 0 Å². The lowest BCUT2D eigenvalue weighted by Gasteiger charge is -2.14. The van der Waals surface area contributed by atoms with Crippen LogP contribution in [0.4, 0.5) is 11.4 Å². The Hall–Kier alpha value is -4.51. The van der Waals surface area contributed by atoms with Gasteiger partial charge in [-0.25, -0.2) is 4.79 Å². The smallest absolute Gasteiger partial charge is 0.338 e. The van der Waals surface area contributed by atoms with Gasteiger partial charge in [-0.2, -0.15) is 0 Å². The molecule has 3 aromatic rings. The topological polar surface area (TPSA) is 149 Å². The molecule has 11 nitrogen and oxygen atoms in total. The quantitative estimate of drug-likeness (QED) is 0.224. The van der Waals surface area contributed by atoms with E-state index in [1.807, 2.05) is 0 Å². The number of esters is 1. The summed E-state index contributed by atoms with van der Waals surface area (Å²) in [5, 5.41) is 13.4. The number of benzene rings is 2. The highest BCUT2D eigenvalue weighted by molar-refractivity contribution is 6.33. The average Bonchev–Trinajstić information content (AvgIpc) is 3.43. The van der Waals surface area contributed by atoms with Gasteiger partial charge in [0.1, 0.15) is 5.76 Å². The molecule has 178 valence electrons. The molecular formula is C23H16ClN3O8. The Labute approximate surface area is 202 Å². The van der Waals surface area contributed by atoms with E-state index in [1.165, 1.54) is 43.5 Å². The van der Waals surface area contributed by atoms with Crippen LogP contribution in [-0.4, -0.2) is 39.6 Å². The number of amides is 3. The van der Waals surface area contributed by atoms with Gasteiger partial charge in [-0.3, -0.25) is 29.4 Å². The zero-order chi connectivity index (χ0) is 25.3. The molecule has 2 heterocycles. The summed E-state index contributed by atoms with van der Waals surface area (Å²) in [4.78, 5) is 61.7. The van der Waals surface area contributed by atoms with Gasteiger partial charge in [-0.05, 0) is 43.3 Å². The number of nitrogens with one attached hydrogen (secondary N) is 1. The SMILES string of the molecule is C[C@H](OC(=O)c1ccc2c(c1)C(=O)N(Cc1ccco1)C2=O)C(=O)Nc1cc([N+](=O)[O-])ccc1Cl. The summed E-state index contributed by atoms with van der Waals surface area (Å²) in [7, 11) is 0. The Bertz CT molecular complexity index is 1370. The molecule has 1 aliphatic rings. The van der Waals surface area contributed by atoms with E-state index in [9.17, 15) is 29.3 Å². The lowest BCUT2D eigenvalue weighted by atomic mass is 10.1. The summed E-state index contributed by atoms with van der Waals surface area (Å²) in [5.74, 6) is -2.39. The number of halogens is 1. The number of carbonyl (C=O) groups is 4. The maximum absolute atomic E-state index is 12.7. The van der Waals surface area contributed by atoms with Crippen molar-refractivity contribution in [3.05, 3.63) is 92.4 Å². The van der Waals surface area contributed by atoms with Crippen molar-refractivity contribution in [1.29, 1.82) is 0 Å². The van der Waals surface area contributed by atoms with Crippen LogP contribution >= 0.6 is 11.6 Å². The third kappa shape index (κ3) is 4.75. The standard InChI is InChI=1S/C23H16ClN3O8/c1-12(20(28)25-19-10-14(27(32)33)5-7-18(19)24)35-23(31)13-4-6-16-17(9-13)22(30)26(21(16)29)11-15-3-2-8-34-15/h2-10,12H,11H2,1H3,(H,25,28)/t12-/m0/s1. The molecule has 1 N–H and O–H groups in total. The first-order valence-corrected chi connectivity index (χ1v) is 10.5. The molecule has 2 aromatic carbocycles. The molecule has 0 saturated heterocycles. The lowest BCUT2D eigenvalue weighted by Crippen LogP contribution is -2.30. The van der Waals surface area contributed by atoms with Crippen molar-refractivity contribution in [2.24, 2.45) is 0 Å². The van der Waals surface area contributed by atoms with E-state index in [0.717, 1.165) is 11.0 Å². The second-order valence-corrected chi connectivity index (χ2v) is 7.90. The van der Waals surface area contributed by atoms with Gasteiger partial charge in [0, 0.05) is 12.1 Å². The van der Waals surface area contributed by atoms with Crippen molar-refractivity contribution in [3.63, 3.8) is 0 Å². The average molecular weight is 498 g/mol. The Balaban J connectivity index is 1.45. The predicted molar refractivity (Wildman–Crippen MR) is 121 cm³/mol. The van der Waals surface area contributed by atoms with Crippen LogP contribution in [0.5, 0.6) is 0 Å². The van der Waals surface area contributed by atoms with Crippen molar-refractivity contribution in [2.45, 2.75) is 19.6 Å². The van der Waals surface area contributed by atoms with Crippen LogP contribution in [0.25, 0.3) is 0 Å². The number of nitrogens with zero attached hydrogens (tertiary/aromatic N) is 2. The molecule has 35 heavy (non-hydrogen) atoms. The molecule has 0 saturated carbocycles. The van der Waals surface area contributed by atoms with E-state index in [-0.39, 0.29) is 39.6 Å². The molecule has 0 spiro atoms. The van der Waals surface area contributed by atoms with E-state index in [4.69, 9.17) is 20.8 Å². The molecule has 1 aliphatic heterocycles. The van der Waals surface area contributed by atoms with Gasteiger partial charge in [-0.15, -0.1) is 0 Å². The molecular weight excluding hydrogens is 482 g/mol.